The third kappa shape index (κ3) is 3.71. The van der Waals surface area contributed by atoms with Gasteiger partial charge in [0.05, 0.1) is 17.8 Å². The average Bonchev–Trinajstić information content (AvgIpc) is 2.70. The summed E-state index contributed by atoms with van der Waals surface area (Å²) in [6, 6.07) is 11.5. The van der Waals surface area contributed by atoms with E-state index in [2.05, 4.69) is 9.97 Å². The summed E-state index contributed by atoms with van der Waals surface area (Å²) < 4.78 is 40.5. The zero-order valence-corrected chi connectivity index (χ0v) is 15.9. The average molecular weight is 433 g/mol. The molecule has 3 heterocycles. The quantitative estimate of drug-likeness (QED) is 0.496. The summed E-state index contributed by atoms with van der Waals surface area (Å²) in [4.78, 5) is 33.0. The monoisotopic (exact) mass is 432 g/mol. The number of pyridine rings is 2. The van der Waals surface area contributed by atoms with Crippen molar-refractivity contribution in [3.63, 3.8) is 0 Å². The van der Waals surface area contributed by atoms with Crippen molar-refractivity contribution in [2.24, 2.45) is 0 Å². The molecule has 1 aromatic carbocycles. The maximum atomic E-state index is 12.9. The van der Waals surface area contributed by atoms with Crippen LogP contribution in [-0.4, -0.2) is 19.1 Å². The second-order valence-electron chi connectivity index (χ2n) is 6.43. The predicted octanol–water partition coefficient (Wildman–Crippen LogP) is 3.61. The van der Waals surface area contributed by atoms with Crippen molar-refractivity contribution in [3.05, 3.63) is 98.0 Å². The Morgan fingerprint density at radius 3 is 2.37 bits per heavy atom. The number of fused-ring (bicyclic) bond motifs is 1. The lowest BCUT2D eigenvalue weighted by Gasteiger charge is -2.15. The zero-order chi connectivity index (χ0) is 21.5. The number of hydrogen-bond donors (Lipinski definition) is 0. The first-order valence-corrected chi connectivity index (χ1v) is 9.02. The minimum absolute atomic E-state index is 0.0827. The molecule has 0 N–H and O–H groups in total. The second-order valence-corrected chi connectivity index (χ2v) is 6.87. The number of rotatable bonds is 3. The van der Waals surface area contributed by atoms with Crippen molar-refractivity contribution in [2.75, 3.05) is 0 Å². The lowest BCUT2D eigenvalue weighted by Crippen LogP contribution is -2.36. The van der Waals surface area contributed by atoms with E-state index < -0.39 is 23.1 Å². The number of nitrogens with zero attached hydrogens (tertiary/aromatic N) is 4. The third-order valence-corrected chi connectivity index (χ3v) is 4.67. The Hall–Kier alpha value is -3.46. The molecule has 0 unspecified atom stereocenters. The second kappa shape index (κ2) is 7.42. The molecular formula is C20H12ClF3N4O2. The van der Waals surface area contributed by atoms with E-state index in [4.69, 9.17) is 11.6 Å². The van der Waals surface area contributed by atoms with Gasteiger partial charge in [-0.25, -0.2) is 9.36 Å². The SMILES string of the molecule is O=c1nc2n(Cc3ccc(C(F)(F)F)nc3)cccc-2c(=O)n1-c1ccc(Cl)cc1. The van der Waals surface area contributed by atoms with Crippen LogP contribution in [0.4, 0.5) is 13.2 Å². The molecule has 4 rings (SSSR count). The molecule has 0 spiro atoms. The standard InChI is InChI=1S/C20H12ClF3N4O2/c21-13-4-6-14(7-5-13)28-18(29)15-2-1-9-27(17(15)26-19(28)30)11-12-3-8-16(25-10-12)20(22,23)24/h1-10H,11H2. The summed E-state index contributed by atoms with van der Waals surface area (Å²) in [7, 11) is 0. The molecule has 0 atom stereocenters. The molecule has 10 heteroatoms. The van der Waals surface area contributed by atoms with Gasteiger partial charge in [0, 0.05) is 17.4 Å². The normalized spacial score (nSPS) is 11.7. The van der Waals surface area contributed by atoms with Gasteiger partial charge in [0.1, 0.15) is 5.69 Å². The topological polar surface area (TPSA) is 69.8 Å². The molecule has 0 fully saturated rings. The first kappa shape index (κ1) is 19.8. The van der Waals surface area contributed by atoms with Crippen molar-refractivity contribution in [3.8, 4) is 17.1 Å². The van der Waals surface area contributed by atoms with Crippen LogP contribution in [0, 0.1) is 0 Å². The number of benzene rings is 1. The Bertz CT molecular complexity index is 1300. The van der Waals surface area contributed by atoms with Gasteiger partial charge in [0.2, 0.25) is 0 Å². The molecule has 1 aromatic heterocycles. The van der Waals surface area contributed by atoms with Crippen LogP contribution in [0.3, 0.4) is 0 Å². The van der Waals surface area contributed by atoms with Gasteiger partial charge in [-0.05, 0) is 48.0 Å². The minimum Gasteiger partial charge on any atom is -0.328 e. The summed E-state index contributed by atoms with van der Waals surface area (Å²) in [6.45, 7) is 0.0827. The highest BCUT2D eigenvalue weighted by atomic mass is 35.5. The fourth-order valence-corrected chi connectivity index (χ4v) is 3.14. The molecular weight excluding hydrogens is 421 g/mol. The Kier molecular flexibility index (Phi) is 4.90. The summed E-state index contributed by atoms with van der Waals surface area (Å²) in [6.07, 6.45) is -1.85. The van der Waals surface area contributed by atoms with Crippen LogP contribution in [0.15, 0.2) is 70.5 Å². The molecule has 0 aliphatic carbocycles. The Morgan fingerprint density at radius 1 is 1.00 bits per heavy atom. The zero-order valence-electron chi connectivity index (χ0n) is 15.1. The van der Waals surface area contributed by atoms with E-state index in [0.29, 0.717) is 16.3 Å². The van der Waals surface area contributed by atoms with E-state index in [1.807, 2.05) is 0 Å². The largest absolute Gasteiger partial charge is 0.433 e. The van der Waals surface area contributed by atoms with Gasteiger partial charge in [0.25, 0.3) is 5.56 Å². The summed E-state index contributed by atoms with van der Waals surface area (Å²) in [5, 5.41) is 0.455. The molecule has 6 nitrogen and oxygen atoms in total. The van der Waals surface area contributed by atoms with Crippen LogP contribution in [0.5, 0.6) is 0 Å². The van der Waals surface area contributed by atoms with Gasteiger partial charge in [-0.2, -0.15) is 18.2 Å². The van der Waals surface area contributed by atoms with E-state index in [1.54, 1.807) is 24.4 Å². The van der Waals surface area contributed by atoms with Gasteiger partial charge >= 0.3 is 11.9 Å². The molecule has 152 valence electrons. The van der Waals surface area contributed by atoms with E-state index in [-0.39, 0.29) is 17.9 Å². The summed E-state index contributed by atoms with van der Waals surface area (Å²) in [5.41, 5.74) is -1.37. The Labute approximate surface area is 172 Å². The fraction of sp³-hybridized carbons (Fsp3) is 0.100. The molecule has 0 saturated heterocycles. The van der Waals surface area contributed by atoms with Crippen LogP contribution in [0.25, 0.3) is 17.1 Å². The molecule has 2 aliphatic rings. The van der Waals surface area contributed by atoms with Crippen molar-refractivity contribution < 1.29 is 13.2 Å². The number of alkyl halides is 3. The van der Waals surface area contributed by atoms with Crippen LogP contribution in [0.2, 0.25) is 5.02 Å². The molecule has 0 amide bonds. The van der Waals surface area contributed by atoms with Crippen LogP contribution >= 0.6 is 11.6 Å². The van der Waals surface area contributed by atoms with Gasteiger partial charge in [-0.15, -0.1) is 0 Å². The predicted molar refractivity (Wildman–Crippen MR) is 104 cm³/mol. The highest BCUT2D eigenvalue weighted by Crippen LogP contribution is 2.27. The van der Waals surface area contributed by atoms with Gasteiger partial charge in [0.15, 0.2) is 5.82 Å². The van der Waals surface area contributed by atoms with Crippen LogP contribution in [-0.2, 0) is 12.7 Å². The van der Waals surface area contributed by atoms with Crippen molar-refractivity contribution >= 4 is 11.6 Å². The highest BCUT2D eigenvalue weighted by molar-refractivity contribution is 6.30. The van der Waals surface area contributed by atoms with Gasteiger partial charge in [-0.3, -0.25) is 9.78 Å². The molecule has 2 aromatic rings. The van der Waals surface area contributed by atoms with Crippen molar-refractivity contribution in [2.45, 2.75) is 12.7 Å². The van der Waals surface area contributed by atoms with E-state index in [0.717, 1.165) is 16.8 Å². The molecule has 0 radical (unpaired) electrons. The summed E-state index contributed by atoms with van der Waals surface area (Å²) in [5.74, 6) is 0.123. The van der Waals surface area contributed by atoms with Crippen molar-refractivity contribution in [1.82, 2.24) is 19.1 Å². The smallest absolute Gasteiger partial charge is 0.328 e. The summed E-state index contributed by atoms with van der Waals surface area (Å²) >= 11 is 5.85. The lowest BCUT2D eigenvalue weighted by atomic mass is 10.2. The van der Waals surface area contributed by atoms with E-state index in [9.17, 15) is 22.8 Å². The number of halogens is 4. The maximum absolute atomic E-state index is 12.9. The van der Waals surface area contributed by atoms with Crippen LogP contribution in [0.1, 0.15) is 11.3 Å². The lowest BCUT2D eigenvalue weighted by molar-refractivity contribution is -0.141. The Morgan fingerprint density at radius 2 is 1.73 bits per heavy atom. The molecule has 0 saturated carbocycles. The van der Waals surface area contributed by atoms with E-state index in [1.165, 1.54) is 28.8 Å². The first-order chi connectivity index (χ1) is 14.2. The third-order valence-electron chi connectivity index (χ3n) is 4.42. The van der Waals surface area contributed by atoms with Gasteiger partial charge in [-0.1, -0.05) is 17.7 Å². The Balaban J connectivity index is 1.77. The number of hydrogen-bond acceptors (Lipinski definition) is 4. The molecule has 2 aliphatic heterocycles. The van der Waals surface area contributed by atoms with E-state index >= 15 is 0 Å². The fourth-order valence-electron chi connectivity index (χ4n) is 3.01. The maximum Gasteiger partial charge on any atom is 0.433 e. The molecule has 30 heavy (non-hydrogen) atoms. The minimum atomic E-state index is -4.53. The van der Waals surface area contributed by atoms with Crippen LogP contribution < -0.4 is 11.2 Å². The highest BCUT2D eigenvalue weighted by Gasteiger charge is 2.32. The van der Waals surface area contributed by atoms with Crippen molar-refractivity contribution in [1.29, 1.82) is 0 Å². The number of aromatic nitrogens is 4. The van der Waals surface area contributed by atoms with Gasteiger partial charge < -0.3 is 4.57 Å². The first-order valence-electron chi connectivity index (χ1n) is 8.64. The molecule has 0 bridgehead atoms.